The highest BCUT2D eigenvalue weighted by molar-refractivity contribution is 6.14. The van der Waals surface area contributed by atoms with Gasteiger partial charge >= 0.3 is 0 Å². The van der Waals surface area contributed by atoms with Crippen LogP contribution < -0.4 is 15.4 Å². The summed E-state index contributed by atoms with van der Waals surface area (Å²) in [7, 11) is 1.54. The van der Waals surface area contributed by atoms with Gasteiger partial charge in [-0.1, -0.05) is 12.1 Å². The number of benzene rings is 2. The molecule has 2 N–H and O–H groups in total. The molecule has 2 amide bonds. The van der Waals surface area contributed by atoms with Crippen LogP contribution in [-0.2, 0) is 0 Å². The molecule has 0 aliphatic heterocycles. The average Bonchev–Trinajstić information content (AvgIpc) is 3.51. The fourth-order valence-electron chi connectivity index (χ4n) is 2.93. The van der Waals surface area contributed by atoms with E-state index in [-0.39, 0.29) is 17.9 Å². The van der Waals surface area contributed by atoms with E-state index in [1.165, 1.54) is 0 Å². The Morgan fingerprint density at radius 3 is 2.67 bits per heavy atom. The van der Waals surface area contributed by atoms with Crippen molar-refractivity contribution in [3.05, 3.63) is 65.9 Å². The lowest BCUT2D eigenvalue weighted by Crippen LogP contribution is -2.27. The van der Waals surface area contributed by atoms with Crippen LogP contribution in [0, 0.1) is 0 Å². The number of carbonyl (C=O) groups excluding carboxylic acids is 2. The lowest BCUT2D eigenvalue weighted by atomic mass is 10.1. The first-order chi connectivity index (χ1) is 13.2. The van der Waals surface area contributed by atoms with E-state index in [0.29, 0.717) is 22.6 Å². The smallest absolute Gasteiger partial charge is 0.256 e. The maximum atomic E-state index is 12.9. The minimum absolute atomic E-state index is 0.216. The van der Waals surface area contributed by atoms with Crippen molar-refractivity contribution < 1.29 is 14.3 Å². The zero-order valence-electron chi connectivity index (χ0n) is 14.9. The molecular weight excluding hydrogens is 342 g/mol. The van der Waals surface area contributed by atoms with Gasteiger partial charge in [-0.15, -0.1) is 0 Å². The van der Waals surface area contributed by atoms with E-state index in [2.05, 4.69) is 15.6 Å². The lowest BCUT2D eigenvalue weighted by molar-refractivity contribution is 0.0951. The number of nitrogens with one attached hydrogen (secondary N) is 2. The number of aromatic nitrogens is 1. The van der Waals surface area contributed by atoms with E-state index in [9.17, 15) is 9.59 Å². The fraction of sp³-hybridized carbons (Fsp3) is 0.190. The molecule has 3 aromatic rings. The number of methoxy groups -OCH3 is 1. The van der Waals surface area contributed by atoms with Crippen LogP contribution in [0.25, 0.3) is 10.9 Å². The highest BCUT2D eigenvalue weighted by atomic mass is 16.5. The fourth-order valence-corrected chi connectivity index (χ4v) is 2.93. The monoisotopic (exact) mass is 361 g/mol. The molecule has 136 valence electrons. The summed E-state index contributed by atoms with van der Waals surface area (Å²) in [6.45, 7) is 0. The van der Waals surface area contributed by atoms with Gasteiger partial charge in [0.15, 0.2) is 0 Å². The molecule has 0 unspecified atom stereocenters. The van der Waals surface area contributed by atoms with Gasteiger partial charge in [-0.2, -0.15) is 0 Å². The Morgan fingerprint density at radius 1 is 1.04 bits per heavy atom. The molecule has 0 bridgehead atoms. The summed E-state index contributed by atoms with van der Waals surface area (Å²) < 4.78 is 5.23. The summed E-state index contributed by atoms with van der Waals surface area (Å²) in [5, 5.41) is 6.57. The Morgan fingerprint density at radius 2 is 1.89 bits per heavy atom. The molecule has 27 heavy (non-hydrogen) atoms. The SMILES string of the molecule is COc1ccc(NC(=O)c2cccc3ncccc23)c(C(=O)NC2CC2)c1. The van der Waals surface area contributed by atoms with Crippen molar-refractivity contribution in [1.82, 2.24) is 10.3 Å². The molecule has 0 radical (unpaired) electrons. The van der Waals surface area contributed by atoms with Crippen molar-refractivity contribution in [3.8, 4) is 5.75 Å². The normalized spacial score (nSPS) is 13.2. The minimum Gasteiger partial charge on any atom is -0.497 e. The minimum atomic E-state index is -0.292. The highest BCUT2D eigenvalue weighted by Gasteiger charge is 2.25. The summed E-state index contributed by atoms with van der Waals surface area (Å²) >= 11 is 0. The van der Waals surface area contributed by atoms with Gasteiger partial charge in [0.05, 0.1) is 23.9 Å². The second-order valence-electron chi connectivity index (χ2n) is 6.49. The number of pyridine rings is 1. The summed E-state index contributed by atoms with van der Waals surface area (Å²) in [6, 6.07) is 14.3. The zero-order chi connectivity index (χ0) is 18.8. The predicted octanol–water partition coefficient (Wildman–Crippen LogP) is 3.39. The number of fused-ring (bicyclic) bond motifs is 1. The van der Waals surface area contributed by atoms with Gasteiger partial charge in [0.25, 0.3) is 11.8 Å². The standard InChI is InChI=1S/C21H19N3O3/c1-27-14-9-10-19(17(12-14)21(26)23-13-7-8-13)24-20(25)16-4-2-6-18-15(16)5-3-11-22-18/h2-6,9-13H,7-8H2,1H3,(H,23,26)(H,24,25). The molecule has 4 rings (SSSR count). The number of nitrogens with zero attached hydrogens (tertiary/aromatic N) is 1. The molecule has 1 saturated carbocycles. The van der Waals surface area contributed by atoms with Crippen LogP contribution in [0.5, 0.6) is 5.75 Å². The van der Waals surface area contributed by atoms with Crippen LogP contribution in [0.4, 0.5) is 5.69 Å². The maximum absolute atomic E-state index is 12.9. The van der Waals surface area contributed by atoms with E-state index in [4.69, 9.17) is 4.74 Å². The largest absolute Gasteiger partial charge is 0.497 e. The van der Waals surface area contributed by atoms with E-state index >= 15 is 0 Å². The number of amides is 2. The second kappa shape index (κ2) is 7.07. The first-order valence-electron chi connectivity index (χ1n) is 8.79. The second-order valence-corrected chi connectivity index (χ2v) is 6.49. The Hall–Kier alpha value is -3.41. The molecule has 0 saturated heterocycles. The number of rotatable bonds is 5. The van der Waals surface area contributed by atoms with Crippen LogP contribution in [0.3, 0.4) is 0 Å². The Kier molecular flexibility index (Phi) is 4.46. The van der Waals surface area contributed by atoms with Gasteiger partial charge < -0.3 is 15.4 Å². The van der Waals surface area contributed by atoms with Crippen molar-refractivity contribution in [2.45, 2.75) is 18.9 Å². The molecule has 1 aromatic heterocycles. The summed E-state index contributed by atoms with van der Waals surface area (Å²) in [5.41, 5.74) is 2.07. The van der Waals surface area contributed by atoms with Crippen LogP contribution >= 0.6 is 0 Å². The average molecular weight is 361 g/mol. The van der Waals surface area contributed by atoms with Gasteiger partial charge in [0.1, 0.15) is 5.75 Å². The van der Waals surface area contributed by atoms with Gasteiger partial charge in [0, 0.05) is 23.2 Å². The van der Waals surface area contributed by atoms with E-state index in [1.54, 1.807) is 49.7 Å². The highest BCUT2D eigenvalue weighted by Crippen LogP contribution is 2.26. The third-order valence-electron chi connectivity index (χ3n) is 4.52. The molecule has 6 nitrogen and oxygen atoms in total. The topological polar surface area (TPSA) is 80.3 Å². The zero-order valence-corrected chi connectivity index (χ0v) is 14.9. The van der Waals surface area contributed by atoms with Crippen molar-refractivity contribution >= 4 is 28.4 Å². The Bertz CT molecular complexity index is 1020. The van der Waals surface area contributed by atoms with E-state index in [0.717, 1.165) is 23.7 Å². The maximum Gasteiger partial charge on any atom is 0.256 e. The summed E-state index contributed by atoms with van der Waals surface area (Å²) in [4.78, 5) is 29.8. The molecule has 6 heteroatoms. The van der Waals surface area contributed by atoms with E-state index in [1.807, 2.05) is 12.1 Å². The van der Waals surface area contributed by atoms with Gasteiger partial charge in [-0.25, -0.2) is 0 Å². The summed E-state index contributed by atoms with van der Waals surface area (Å²) in [6.07, 6.45) is 3.66. The first-order valence-corrected chi connectivity index (χ1v) is 8.79. The third kappa shape index (κ3) is 3.60. The Labute approximate surface area is 156 Å². The molecule has 1 fully saturated rings. The molecule has 0 spiro atoms. The van der Waals surface area contributed by atoms with Crippen LogP contribution in [0.2, 0.25) is 0 Å². The summed E-state index contributed by atoms with van der Waals surface area (Å²) in [5.74, 6) is 0.0498. The Balaban J connectivity index is 1.66. The first kappa shape index (κ1) is 17.0. The number of anilines is 1. The van der Waals surface area contributed by atoms with Gasteiger partial charge in [-0.05, 0) is 49.2 Å². The molecule has 2 aromatic carbocycles. The third-order valence-corrected chi connectivity index (χ3v) is 4.52. The van der Waals surface area contributed by atoms with Gasteiger partial charge in [0.2, 0.25) is 0 Å². The molecule has 1 aliphatic rings. The molecule has 0 atom stereocenters. The number of carbonyl (C=O) groups is 2. The number of hydrogen-bond acceptors (Lipinski definition) is 4. The number of hydrogen-bond donors (Lipinski definition) is 2. The lowest BCUT2D eigenvalue weighted by Gasteiger charge is -2.13. The van der Waals surface area contributed by atoms with Gasteiger partial charge in [-0.3, -0.25) is 14.6 Å². The quantitative estimate of drug-likeness (QED) is 0.730. The van der Waals surface area contributed by atoms with E-state index < -0.39 is 0 Å². The molecule has 1 aliphatic carbocycles. The van der Waals surface area contributed by atoms with Crippen molar-refractivity contribution in [2.24, 2.45) is 0 Å². The molecular formula is C21H19N3O3. The van der Waals surface area contributed by atoms with Crippen LogP contribution in [0.15, 0.2) is 54.7 Å². The van der Waals surface area contributed by atoms with Crippen molar-refractivity contribution in [2.75, 3.05) is 12.4 Å². The van der Waals surface area contributed by atoms with Crippen LogP contribution in [0.1, 0.15) is 33.6 Å². The van der Waals surface area contributed by atoms with Crippen LogP contribution in [-0.4, -0.2) is 29.9 Å². The van der Waals surface area contributed by atoms with Crippen molar-refractivity contribution in [3.63, 3.8) is 0 Å². The van der Waals surface area contributed by atoms with Crippen molar-refractivity contribution in [1.29, 1.82) is 0 Å². The molecule has 1 heterocycles. The number of ether oxygens (including phenoxy) is 1. The predicted molar refractivity (Wildman–Crippen MR) is 103 cm³/mol.